The Labute approximate surface area is 178 Å². The molecule has 0 bridgehead atoms. The standard InChI is InChI=1S/C23H22N4O2S/c1-14-12-21-24-25-23(27(21)20-13-17(29-3)8-9-18(14)20)30-15(2)22(28)26-11-10-16-6-4-5-7-19(16)26/h4-9,12-13,15H,10-11H2,1-3H3. The second-order valence-electron chi connectivity index (χ2n) is 7.52. The Kier molecular flexibility index (Phi) is 4.62. The molecule has 0 radical (unpaired) electrons. The van der Waals surface area contributed by atoms with Gasteiger partial charge >= 0.3 is 0 Å². The molecule has 1 amide bonds. The van der Waals surface area contributed by atoms with Crippen molar-refractivity contribution >= 4 is 39.9 Å². The van der Waals surface area contributed by atoms with Crippen molar-refractivity contribution in [2.45, 2.75) is 30.7 Å². The molecule has 1 aliphatic rings. The first-order valence-electron chi connectivity index (χ1n) is 9.95. The number of hydrogen-bond acceptors (Lipinski definition) is 5. The predicted octanol–water partition coefficient (Wildman–Crippen LogP) is 4.27. The molecule has 4 aromatic rings. The van der Waals surface area contributed by atoms with E-state index in [1.165, 1.54) is 17.3 Å². The highest BCUT2D eigenvalue weighted by atomic mass is 32.2. The number of fused-ring (bicyclic) bond motifs is 4. The van der Waals surface area contributed by atoms with Crippen LogP contribution in [0.5, 0.6) is 5.75 Å². The number of anilines is 1. The van der Waals surface area contributed by atoms with Crippen LogP contribution in [0.25, 0.3) is 16.6 Å². The molecule has 1 aliphatic heterocycles. The second-order valence-corrected chi connectivity index (χ2v) is 8.82. The van der Waals surface area contributed by atoms with Gasteiger partial charge in [0.25, 0.3) is 0 Å². The van der Waals surface area contributed by atoms with Crippen molar-refractivity contribution in [2.75, 3.05) is 18.6 Å². The number of nitrogens with zero attached hydrogens (tertiary/aromatic N) is 4. The quantitative estimate of drug-likeness (QED) is 0.463. The van der Waals surface area contributed by atoms with E-state index in [1.807, 2.05) is 58.7 Å². The number of carbonyl (C=O) groups is 1. The van der Waals surface area contributed by atoms with E-state index in [2.05, 4.69) is 23.2 Å². The molecule has 5 rings (SSSR count). The zero-order valence-electron chi connectivity index (χ0n) is 17.1. The molecule has 30 heavy (non-hydrogen) atoms. The Hall–Kier alpha value is -3.06. The van der Waals surface area contributed by atoms with Crippen LogP contribution in [-0.4, -0.2) is 39.4 Å². The molecule has 0 spiro atoms. The van der Waals surface area contributed by atoms with Gasteiger partial charge in [-0.15, -0.1) is 10.2 Å². The molecule has 152 valence electrons. The number of pyridine rings is 1. The maximum atomic E-state index is 13.2. The summed E-state index contributed by atoms with van der Waals surface area (Å²) >= 11 is 1.44. The van der Waals surface area contributed by atoms with Gasteiger partial charge in [0.1, 0.15) is 5.75 Å². The van der Waals surface area contributed by atoms with Crippen LogP contribution < -0.4 is 9.64 Å². The number of benzene rings is 2. The Morgan fingerprint density at radius 3 is 2.83 bits per heavy atom. The van der Waals surface area contributed by atoms with Gasteiger partial charge in [-0.1, -0.05) is 30.0 Å². The topological polar surface area (TPSA) is 59.7 Å². The average molecular weight is 419 g/mol. The second kappa shape index (κ2) is 7.32. The van der Waals surface area contributed by atoms with E-state index in [9.17, 15) is 4.79 Å². The minimum absolute atomic E-state index is 0.0932. The highest BCUT2D eigenvalue weighted by molar-refractivity contribution is 8.00. The lowest BCUT2D eigenvalue weighted by molar-refractivity contribution is -0.117. The maximum absolute atomic E-state index is 13.2. The number of thioether (sulfide) groups is 1. The number of para-hydroxylation sites is 1. The molecule has 0 N–H and O–H groups in total. The summed E-state index contributed by atoms with van der Waals surface area (Å²) in [5.74, 6) is 0.868. The lowest BCUT2D eigenvalue weighted by Gasteiger charge is -2.21. The van der Waals surface area contributed by atoms with Crippen LogP contribution in [0.2, 0.25) is 0 Å². The van der Waals surface area contributed by atoms with E-state index >= 15 is 0 Å². The van der Waals surface area contributed by atoms with Crippen molar-refractivity contribution in [1.82, 2.24) is 14.6 Å². The Morgan fingerprint density at radius 2 is 2.00 bits per heavy atom. The molecule has 2 aromatic heterocycles. The summed E-state index contributed by atoms with van der Waals surface area (Å²) < 4.78 is 7.44. The minimum atomic E-state index is -0.287. The molecular weight excluding hydrogens is 396 g/mol. The van der Waals surface area contributed by atoms with Crippen LogP contribution in [0.1, 0.15) is 18.1 Å². The van der Waals surface area contributed by atoms with E-state index in [0.717, 1.165) is 46.5 Å². The lowest BCUT2D eigenvalue weighted by atomic mass is 10.1. The van der Waals surface area contributed by atoms with Gasteiger partial charge in [-0.05, 0) is 55.7 Å². The maximum Gasteiger partial charge on any atom is 0.240 e. The van der Waals surface area contributed by atoms with Gasteiger partial charge in [0.2, 0.25) is 5.91 Å². The highest BCUT2D eigenvalue weighted by Crippen LogP contribution is 2.33. The summed E-state index contributed by atoms with van der Waals surface area (Å²) in [5, 5.41) is 10.3. The SMILES string of the molecule is COc1ccc2c(C)cc3nnc(SC(C)C(=O)N4CCc5ccccc54)n3c2c1. The van der Waals surface area contributed by atoms with E-state index in [4.69, 9.17) is 4.74 Å². The zero-order chi connectivity index (χ0) is 20.8. The molecule has 0 fully saturated rings. The van der Waals surface area contributed by atoms with E-state index in [1.54, 1.807) is 7.11 Å². The number of aromatic nitrogens is 3. The number of aryl methyl sites for hydroxylation is 1. The normalized spacial score (nSPS) is 14.3. The molecule has 2 aromatic carbocycles. The van der Waals surface area contributed by atoms with Crippen LogP contribution in [0.15, 0.2) is 53.7 Å². The van der Waals surface area contributed by atoms with Crippen LogP contribution in [-0.2, 0) is 11.2 Å². The van der Waals surface area contributed by atoms with Gasteiger partial charge in [0, 0.05) is 23.7 Å². The fraction of sp³-hybridized carbons (Fsp3) is 0.261. The van der Waals surface area contributed by atoms with Gasteiger partial charge in [-0.25, -0.2) is 0 Å². The Bertz CT molecular complexity index is 1280. The van der Waals surface area contributed by atoms with Crippen molar-refractivity contribution in [2.24, 2.45) is 0 Å². The third-order valence-electron chi connectivity index (χ3n) is 5.66. The molecule has 1 atom stereocenters. The van der Waals surface area contributed by atoms with Crippen molar-refractivity contribution in [3.8, 4) is 5.75 Å². The van der Waals surface area contributed by atoms with E-state index in [0.29, 0.717) is 5.16 Å². The number of rotatable bonds is 4. The minimum Gasteiger partial charge on any atom is -0.497 e. The zero-order valence-corrected chi connectivity index (χ0v) is 17.9. The molecule has 7 heteroatoms. The molecule has 1 unspecified atom stereocenters. The van der Waals surface area contributed by atoms with Gasteiger partial charge in [0.15, 0.2) is 10.8 Å². The Balaban J connectivity index is 1.51. The smallest absolute Gasteiger partial charge is 0.240 e. The molecule has 6 nitrogen and oxygen atoms in total. The lowest BCUT2D eigenvalue weighted by Crippen LogP contribution is -2.35. The van der Waals surface area contributed by atoms with Crippen molar-refractivity contribution in [3.63, 3.8) is 0 Å². The van der Waals surface area contributed by atoms with E-state index in [-0.39, 0.29) is 11.2 Å². The predicted molar refractivity (Wildman–Crippen MR) is 120 cm³/mol. The largest absolute Gasteiger partial charge is 0.497 e. The van der Waals surface area contributed by atoms with Crippen molar-refractivity contribution in [3.05, 3.63) is 59.7 Å². The summed E-state index contributed by atoms with van der Waals surface area (Å²) in [6, 6.07) is 16.1. The van der Waals surface area contributed by atoms with Gasteiger partial charge in [-0.2, -0.15) is 0 Å². The van der Waals surface area contributed by atoms with Gasteiger partial charge in [-0.3, -0.25) is 9.20 Å². The van der Waals surface area contributed by atoms with Crippen molar-refractivity contribution in [1.29, 1.82) is 0 Å². The Morgan fingerprint density at radius 1 is 1.17 bits per heavy atom. The fourth-order valence-corrected chi connectivity index (χ4v) is 5.03. The van der Waals surface area contributed by atoms with Crippen LogP contribution in [0.3, 0.4) is 0 Å². The average Bonchev–Trinajstić information content (AvgIpc) is 3.37. The molecular formula is C23H22N4O2S. The number of methoxy groups -OCH3 is 1. The first-order chi connectivity index (χ1) is 14.6. The van der Waals surface area contributed by atoms with Gasteiger partial charge < -0.3 is 9.64 Å². The number of carbonyl (C=O) groups excluding carboxylic acids is 1. The van der Waals surface area contributed by atoms with Crippen LogP contribution >= 0.6 is 11.8 Å². The number of amides is 1. The van der Waals surface area contributed by atoms with Crippen LogP contribution in [0.4, 0.5) is 5.69 Å². The molecule has 0 saturated heterocycles. The monoisotopic (exact) mass is 418 g/mol. The number of ether oxygens (including phenoxy) is 1. The first kappa shape index (κ1) is 18.9. The highest BCUT2D eigenvalue weighted by Gasteiger charge is 2.29. The summed E-state index contributed by atoms with van der Waals surface area (Å²) in [6.45, 7) is 4.72. The summed E-state index contributed by atoms with van der Waals surface area (Å²) in [6.07, 6.45) is 0.900. The number of hydrogen-bond donors (Lipinski definition) is 0. The molecule has 3 heterocycles. The molecule has 0 saturated carbocycles. The van der Waals surface area contributed by atoms with Crippen LogP contribution in [0, 0.1) is 6.92 Å². The summed E-state index contributed by atoms with van der Waals surface area (Å²) in [7, 11) is 1.66. The third kappa shape index (κ3) is 3.01. The summed E-state index contributed by atoms with van der Waals surface area (Å²) in [4.78, 5) is 15.1. The van der Waals surface area contributed by atoms with E-state index < -0.39 is 0 Å². The summed E-state index contributed by atoms with van der Waals surface area (Å²) in [5.41, 5.74) is 5.11. The first-order valence-corrected chi connectivity index (χ1v) is 10.8. The third-order valence-corrected chi connectivity index (χ3v) is 6.69. The fourth-order valence-electron chi connectivity index (χ4n) is 4.10. The van der Waals surface area contributed by atoms with Gasteiger partial charge in [0.05, 0.1) is 17.9 Å². The van der Waals surface area contributed by atoms with Crippen molar-refractivity contribution < 1.29 is 9.53 Å². The molecule has 0 aliphatic carbocycles.